The molecule has 0 radical (unpaired) electrons. The van der Waals surface area contributed by atoms with Gasteiger partial charge in [0.25, 0.3) is 0 Å². The Morgan fingerprint density at radius 2 is 2.30 bits per heavy atom. The fourth-order valence-electron chi connectivity index (χ4n) is 1.96. The smallest absolute Gasteiger partial charge is 0.148 e. The summed E-state index contributed by atoms with van der Waals surface area (Å²) in [5.41, 5.74) is 1.11. The third-order valence-electron chi connectivity index (χ3n) is 2.98. The first kappa shape index (κ1) is 14.6. The molecule has 0 fully saturated rings. The summed E-state index contributed by atoms with van der Waals surface area (Å²) in [5.74, 6) is 3.33. The zero-order valence-electron chi connectivity index (χ0n) is 11.5. The Bertz CT molecular complexity index is 560. The summed E-state index contributed by atoms with van der Waals surface area (Å²) in [6.45, 7) is 3.18. The van der Waals surface area contributed by atoms with Crippen LogP contribution in [0.3, 0.4) is 0 Å². The molecule has 4 heteroatoms. The molecule has 2 aromatic rings. The van der Waals surface area contributed by atoms with Crippen LogP contribution < -0.4 is 10.1 Å². The summed E-state index contributed by atoms with van der Waals surface area (Å²) >= 11 is 1.68. The normalized spacial score (nSPS) is 11.8. The minimum Gasteiger partial charge on any atom is -0.481 e. The summed E-state index contributed by atoms with van der Waals surface area (Å²) < 4.78 is 5.55. The van der Waals surface area contributed by atoms with Gasteiger partial charge in [-0.2, -0.15) is 0 Å². The number of ether oxygens (including phenoxy) is 1. The van der Waals surface area contributed by atoms with Gasteiger partial charge in [-0.3, -0.25) is 0 Å². The molecule has 0 amide bonds. The van der Waals surface area contributed by atoms with Gasteiger partial charge in [0.15, 0.2) is 0 Å². The van der Waals surface area contributed by atoms with Gasteiger partial charge in [0.05, 0.1) is 6.04 Å². The van der Waals surface area contributed by atoms with E-state index in [1.807, 2.05) is 35.8 Å². The SMILES string of the molecule is C#CCOc1ccccc1CNC(CC)c1nccs1. The second-order valence-corrected chi connectivity index (χ2v) is 5.24. The third-order valence-corrected chi connectivity index (χ3v) is 3.87. The van der Waals surface area contributed by atoms with Crippen molar-refractivity contribution in [3.63, 3.8) is 0 Å². The van der Waals surface area contributed by atoms with Gasteiger partial charge in [-0.15, -0.1) is 17.8 Å². The molecule has 1 heterocycles. The van der Waals surface area contributed by atoms with Crippen LogP contribution in [-0.2, 0) is 6.54 Å². The number of nitrogens with zero attached hydrogens (tertiary/aromatic N) is 1. The number of terminal acetylenes is 1. The lowest BCUT2D eigenvalue weighted by atomic mass is 10.1. The number of para-hydroxylation sites is 1. The summed E-state index contributed by atoms with van der Waals surface area (Å²) in [6, 6.07) is 8.22. The summed E-state index contributed by atoms with van der Waals surface area (Å²) in [6.07, 6.45) is 8.08. The van der Waals surface area contributed by atoms with Crippen LogP contribution in [0.25, 0.3) is 0 Å². The van der Waals surface area contributed by atoms with E-state index in [2.05, 4.69) is 23.1 Å². The molecule has 1 unspecified atom stereocenters. The van der Waals surface area contributed by atoms with Crippen LogP contribution in [0.1, 0.15) is 30.0 Å². The highest BCUT2D eigenvalue weighted by atomic mass is 32.1. The standard InChI is InChI=1S/C16H18N2OS/c1-3-10-19-15-8-6-5-7-13(15)12-18-14(4-2)16-17-9-11-20-16/h1,5-9,11,14,18H,4,10,12H2,2H3. The van der Waals surface area contributed by atoms with Gasteiger partial charge in [0.1, 0.15) is 17.4 Å². The average Bonchev–Trinajstić information content (AvgIpc) is 3.01. The van der Waals surface area contributed by atoms with Gasteiger partial charge in [-0.05, 0) is 12.5 Å². The van der Waals surface area contributed by atoms with Crippen molar-refractivity contribution in [1.29, 1.82) is 0 Å². The maximum absolute atomic E-state index is 5.55. The maximum atomic E-state index is 5.55. The van der Waals surface area contributed by atoms with Gasteiger partial charge in [-0.25, -0.2) is 4.98 Å². The molecule has 1 aromatic heterocycles. The number of hydrogen-bond acceptors (Lipinski definition) is 4. The van der Waals surface area contributed by atoms with Crippen LogP contribution >= 0.6 is 11.3 Å². The largest absolute Gasteiger partial charge is 0.481 e. The number of nitrogens with one attached hydrogen (secondary N) is 1. The van der Waals surface area contributed by atoms with Crippen molar-refractivity contribution in [2.45, 2.75) is 25.9 Å². The molecule has 20 heavy (non-hydrogen) atoms. The predicted octanol–water partition coefficient (Wildman–Crippen LogP) is 3.40. The van der Waals surface area contributed by atoms with E-state index < -0.39 is 0 Å². The van der Waals surface area contributed by atoms with Crippen molar-refractivity contribution in [2.24, 2.45) is 0 Å². The molecule has 0 aliphatic carbocycles. The third kappa shape index (κ3) is 3.83. The first-order valence-electron chi connectivity index (χ1n) is 6.62. The van der Waals surface area contributed by atoms with Gasteiger partial charge in [0.2, 0.25) is 0 Å². The quantitative estimate of drug-likeness (QED) is 0.792. The first-order valence-corrected chi connectivity index (χ1v) is 7.50. The van der Waals surface area contributed by atoms with Gasteiger partial charge < -0.3 is 10.1 Å². The number of rotatable bonds is 7. The Morgan fingerprint density at radius 1 is 1.45 bits per heavy atom. The van der Waals surface area contributed by atoms with E-state index in [1.54, 1.807) is 11.3 Å². The van der Waals surface area contributed by atoms with Gasteiger partial charge >= 0.3 is 0 Å². The lowest BCUT2D eigenvalue weighted by Crippen LogP contribution is -2.20. The van der Waals surface area contributed by atoms with E-state index >= 15 is 0 Å². The first-order chi connectivity index (χ1) is 9.85. The Balaban J connectivity index is 2.01. The lowest BCUT2D eigenvalue weighted by molar-refractivity contribution is 0.363. The Hall–Kier alpha value is -1.83. The fraction of sp³-hybridized carbons (Fsp3) is 0.312. The van der Waals surface area contributed by atoms with Gasteiger partial charge in [-0.1, -0.05) is 31.0 Å². The maximum Gasteiger partial charge on any atom is 0.148 e. The van der Waals surface area contributed by atoms with Crippen LogP contribution in [0.2, 0.25) is 0 Å². The van der Waals surface area contributed by atoms with Crippen molar-refractivity contribution in [1.82, 2.24) is 10.3 Å². The molecule has 0 aliphatic heterocycles. The second-order valence-electron chi connectivity index (χ2n) is 4.31. The minimum absolute atomic E-state index is 0.274. The van der Waals surface area contributed by atoms with E-state index in [1.165, 1.54) is 0 Å². The molecule has 0 saturated carbocycles. The Labute approximate surface area is 124 Å². The predicted molar refractivity (Wildman–Crippen MR) is 82.8 cm³/mol. The van der Waals surface area contributed by atoms with Gasteiger partial charge in [0, 0.05) is 23.7 Å². The van der Waals surface area contributed by atoms with Crippen LogP contribution in [0.4, 0.5) is 0 Å². The zero-order chi connectivity index (χ0) is 14.2. The van der Waals surface area contributed by atoms with Crippen LogP contribution in [-0.4, -0.2) is 11.6 Å². The summed E-state index contributed by atoms with van der Waals surface area (Å²) in [4.78, 5) is 4.37. The molecule has 1 atom stereocenters. The molecule has 0 aliphatic rings. The monoisotopic (exact) mass is 286 g/mol. The average molecular weight is 286 g/mol. The van der Waals surface area contributed by atoms with Crippen LogP contribution in [0.15, 0.2) is 35.8 Å². The number of hydrogen-bond donors (Lipinski definition) is 1. The molecule has 0 spiro atoms. The molecule has 1 aromatic carbocycles. The fourth-order valence-corrected chi connectivity index (χ4v) is 2.75. The molecule has 0 saturated heterocycles. The van der Waals surface area contributed by atoms with E-state index in [9.17, 15) is 0 Å². The van der Waals surface area contributed by atoms with Crippen molar-refractivity contribution >= 4 is 11.3 Å². The van der Waals surface area contributed by atoms with Crippen LogP contribution in [0.5, 0.6) is 5.75 Å². The van der Waals surface area contributed by atoms with E-state index in [4.69, 9.17) is 11.2 Å². The van der Waals surface area contributed by atoms with Crippen molar-refractivity contribution in [2.75, 3.05) is 6.61 Å². The number of benzene rings is 1. The number of aromatic nitrogens is 1. The zero-order valence-corrected chi connectivity index (χ0v) is 12.3. The topological polar surface area (TPSA) is 34.1 Å². The van der Waals surface area contributed by atoms with Crippen molar-refractivity contribution in [3.05, 3.63) is 46.4 Å². The highest BCUT2D eigenvalue weighted by Crippen LogP contribution is 2.22. The van der Waals surface area contributed by atoms with Crippen LogP contribution in [0, 0.1) is 12.3 Å². The molecule has 1 N–H and O–H groups in total. The Kier molecular flexibility index (Phi) is 5.60. The molecule has 0 bridgehead atoms. The number of thiazole rings is 1. The van der Waals surface area contributed by atoms with E-state index in [0.29, 0.717) is 6.61 Å². The molecule has 2 rings (SSSR count). The minimum atomic E-state index is 0.274. The lowest BCUT2D eigenvalue weighted by Gasteiger charge is -2.16. The summed E-state index contributed by atoms with van der Waals surface area (Å²) in [5, 5.41) is 6.64. The molecular weight excluding hydrogens is 268 g/mol. The molecule has 3 nitrogen and oxygen atoms in total. The summed E-state index contributed by atoms with van der Waals surface area (Å²) in [7, 11) is 0. The van der Waals surface area contributed by atoms with Crippen molar-refractivity contribution in [3.8, 4) is 18.1 Å². The molecule has 104 valence electrons. The van der Waals surface area contributed by atoms with E-state index in [-0.39, 0.29) is 6.04 Å². The van der Waals surface area contributed by atoms with E-state index in [0.717, 1.165) is 29.3 Å². The highest BCUT2D eigenvalue weighted by molar-refractivity contribution is 7.09. The molecular formula is C16H18N2OS. The highest BCUT2D eigenvalue weighted by Gasteiger charge is 2.12. The van der Waals surface area contributed by atoms with Crippen molar-refractivity contribution < 1.29 is 4.74 Å². The Morgan fingerprint density at radius 3 is 3.00 bits per heavy atom. The second kappa shape index (κ2) is 7.68.